The number of aromatic amines is 4. The Hall–Kier alpha value is -15.2. The summed E-state index contributed by atoms with van der Waals surface area (Å²) < 4.78 is 0. The van der Waals surface area contributed by atoms with E-state index in [9.17, 15) is 92.7 Å². The van der Waals surface area contributed by atoms with Gasteiger partial charge in [-0.3, -0.25) is 120 Å². The van der Waals surface area contributed by atoms with Crippen LogP contribution in [0.4, 0.5) is 0 Å². The number of hydrogen-bond donors (Lipinski definition) is 25. The molecule has 3 aliphatic rings. The van der Waals surface area contributed by atoms with Crippen LogP contribution in [0.15, 0.2) is 98.0 Å². The van der Waals surface area contributed by atoms with Gasteiger partial charge in [0.15, 0.2) is 0 Å². The Morgan fingerprint density at radius 1 is 0.493 bits per heavy atom. The number of aromatic nitrogens is 6. The molecular weight excluding hydrogens is 2000 g/mol. The highest BCUT2D eigenvalue weighted by molar-refractivity contribution is 8.76. The van der Waals surface area contributed by atoms with E-state index in [1.165, 1.54) is 38.0 Å². The van der Waals surface area contributed by atoms with Gasteiger partial charge in [-0.2, -0.15) is 0 Å². The maximum absolute atomic E-state index is 15.9. The van der Waals surface area contributed by atoms with E-state index in [0.717, 1.165) is 18.7 Å². The van der Waals surface area contributed by atoms with Crippen LogP contribution in [0.3, 0.4) is 0 Å². The largest absolute Gasteiger partial charge is 0.481 e. The number of imidazole rings is 1. The van der Waals surface area contributed by atoms with Gasteiger partial charge in [-0.1, -0.05) is 78.3 Å². The number of hydrogen-bond acceptors (Lipinski definition) is 30. The van der Waals surface area contributed by atoms with Crippen LogP contribution in [-0.4, -0.2) is 392 Å². The van der Waals surface area contributed by atoms with Crippen LogP contribution in [0.1, 0.15) is 108 Å². The lowest BCUT2D eigenvalue weighted by Crippen LogP contribution is -2.63. The second-order valence-corrected chi connectivity index (χ2v) is 39.5. The molecule has 17 amide bonds. The normalized spacial score (nSPS) is 20.7. The lowest BCUT2D eigenvalue weighted by atomic mass is 9.97. The number of nitrogens with one attached hydrogen (secondary N) is 17. The minimum Gasteiger partial charge on any atom is -0.481 e. The Labute approximate surface area is 866 Å². The van der Waals surface area contributed by atoms with Crippen molar-refractivity contribution in [2.75, 3.05) is 103 Å². The zero-order chi connectivity index (χ0) is 109. The molecule has 0 spiro atoms. The fourth-order valence-corrected chi connectivity index (χ4v) is 19.8. The molecule has 15 atom stereocenters. The van der Waals surface area contributed by atoms with Crippen molar-refractivity contribution in [1.82, 2.24) is 124 Å². The monoisotopic (exact) mass is 2130 g/mol. The number of aliphatic hydroxyl groups excluding tert-OH is 1. The molecule has 0 radical (unpaired) electrons. The van der Waals surface area contributed by atoms with Crippen LogP contribution in [-0.2, 0) is 126 Å². The third-order valence-corrected chi connectivity index (χ3v) is 28.0. The van der Waals surface area contributed by atoms with Crippen molar-refractivity contribution in [3.05, 3.63) is 120 Å². The van der Waals surface area contributed by atoms with Gasteiger partial charge >= 0.3 is 23.9 Å². The van der Waals surface area contributed by atoms with E-state index >= 15 is 33.6 Å². The summed E-state index contributed by atoms with van der Waals surface area (Å²) in [6.07, 6.45) is 2.40. The molecule has 0 unspecified atom stereocenters. The number of H-pyrrole nitrogens is 4. The van der Waals surface area contributed by atoms with Gasteiger partial charge in [-0.05, 0) is 85.9 Å². The van der Waals surface area contributed by atoms with E-state index < -0.39 is 265 Å². The Balaban J connectivity index is 0.954. The number of fused-ring (bicyclic) bond motifs is 3. The number of nitrogens with zero attached hydrogens (tertiary/aromatic N) is 7. The smallest absolute Gasteiger partial charge is 0.317 e. The fraction of sp³-hybridized carbons (Fsp3) is 0.505. The van der Waals surface area contributed by atoms with E-state index in [-0.39, 0.29) is 142 Å². The molecule has 5 aromatic heterocycles. The van der Waals surface area contributed by atoms with E-state index in [2.05, 4.69) is 99.0 Å². The highest BCUT2D eigenvalue weighted by atomic mass is 33.1. The Morgan fingerprint density at radius 3 is 1.53 bits per heavy atom. The number of carbonyl (C=O) groups excluding carboxylic acids is 17. The summed E-state index contributed by atoms with van der Waals surface area (Å²) in [6.45, 7) is 5.17. The van der Waals surface area contributed by atoms with Gasteiger partial charge in [0.25, 0.3) is 0 Å². The van der Waals surface area contributed by atoms with Crippen molar-refractivity contribution in [2.45, 2.75) is 196 Å². The van der Waals surface area contributed by atoms with Gasteiger partial charge in [-0.25, -0.2) is 9.97 Å². The molecule has 53 nitrogen and oxygen atoms in total. The average Bonchev–Trinajstić information content (AvgIpc) is 1.66. The van der Waals surface area contributed by atoms with Crippen molar-refractivity contribution >= 4 is 179 Å². The zero-order valence-corrected chi connectivity index (χ0v) is 84.5. The zero-order valence-electron chi connectivity index (χ0n) is 82.9. The molecule has 0 bridgehead atoms. The van der Waals surface area contributed by atoms with Crippen LogP contribution >= 0.6 is 21.6 Å². The number of aliphatic hydroxyl groups is 1. The predicted octanol–water partition coefficient (Wildman–Crippen LogP) is -6.36. The van der Waals surface area contributed by atoms with Crippen LogP contribution in [0.5, 0.6) is 0 Å². The van der Waals surface area contributed by atoms with Crippen molar-refractivity contribution in [1.29, 1.82) is 0 Å². The van der Waals surface area contributed by atoms with Crippen LogP contribution in [0.2, 0.25) is 0 Å². The minimum atomic E-state index is -2.21. The van der Waals surface area contributed by atoms with Crippen LogP contribution in [0.25, 0.3) is 32.8 Å². The number of para-hydroxylation sites is 2. The van der Waals surface area contributed by atoms with Crippen LogP contribution < -0.4 is 86.3 Å². The highest BCUT2D eigenvalue weighted by Gasteiger charge is 2.44. The summed E-state index contributed by atoms with van der Waals surface area (Å²) in [5, 5.41) is 85.5. The first-order valence-corrected chi connectivity index (χ1v) is 51.2. The Kier molecular flexibility index (Phi) is 44.2. The van der Waals surface area contributed by atoms with E-state index in [1.807, 2.05) is 0 Å². The molecule has 3 fully saturated rings. The van der Waals surface area contributed by atoms with Gasteiger partial charge in [0.05, 0.1) is 57.9 Å². The van der Waals surface area contributed by atoms with Gasteiger partial charge in [-0.15, -0.1) is 0 Å². The Bertz CT molecular complexity index is 5970. The first kappa shape index (κ1) is 117. The number of primary amides is 3. The molecule has 8 heterocycles. The number of nitrogens with two attached hydrogens (primary N) is 3. The van der Waals surface area contributed by atoms with Gasteiger partial charge in [0.2, 0.25) is 100 Å². The first-order chi connectivity index (χ1) is 71.5. The summed E-state index contributed by atoms with van der Waals surface area (Å²) in [6, 6.07) is -6.60. The number of aliphatic carboxylic acids is 4. The molecule has 7 aromatic rings. The molecule has 10 rings (SSSR count). The summed E-state index contributed by atoms with van der Waals surface area (Å²) >= 11 is 0. The van der Waals surface area contributed by atoms with Gasteiger partial charge < -0.3 is 137 Å². The predicted molar refractivity (Wildman–Crippen MR) is 540 cm³/mol. The number of likely N-dealkylation sites (tertiary alicyclic amines) is 1. The summed E-state index contributed by atoms with van der Waals surface area (Å²) in [4.78, 5) is 324. The molecule has 55 heteroatoms. The number of amides is 17. The number of pyridine rings is 1. The number of benzene rings is 2. The molecule has 0 saturated carbocycles. The number of carbonyl (C=O) groups is 21. The van der Waals surface area contributed by atoms with Crippen molar-refractivity contribution in [3.8, 4) is 0 Å². The summed E-state index contributed by atoms with van der Waals surface area (Å²) in [7, 11) is 1.30. The maximum Gasteiger partial charge on any atom is 0.317 e. The maximum atomic E-state index is 15.9. The average molecular weight is 2130 g/mol. The minimum absolute atomic E-state index is 0.0231. The molecule has 3 saturated heterocycles. The second kappa shape index (κ2) is 56.8. The second-order valence-electron chi connectivity index (χ2n) is 37.0. The molecule has 28 N–H and O–H groups in total. The topological polar surface area (TPSA) is 799 Å². The van der Waals surface area contributed by atoms with E-state index in [0.29, 0.717) is 71.1 Å². The molecular formula is C95H129N27O26S2. The van der Waals surface area contributed by atoms with Crippen molar-refractivity contribution in [2.24, 2.45) is 23.1 Å². The van der Waals surface area contributed by atoms with E-state index in [4.69, 9.17) is 17.2 Å². The van der Waals surface area contributed by atoms with Crippen molar-refractivity contribution in [3.63, 3.8) is 0 Å². The molecule has 0 aliphatic carbocycles. The Morgan fingerprint density at radius 2 is 0.987 bits per heavy atom. The number of rotatable bonds is 43. The standard InChI is InChI=1S/C95H129N27O26S2/c1-5-50(2)80(116-94(147)81(51(3)123)117-89(142)63(106-52(4)124)32-53-39-102-60-17-8-6-14-57(53)60)93(146)115-71-48-150-149-47-70(114-88(141)68(38-76(128)129)112-85(138)65(35-56-42-99-49-105-56)109-84(137)64(33-54-40-103-61-18-9-7-15-58(54)61)108-86(139)66(36-73(96)125)110-87(140)67(37-74(97)126)111-90(71)143)91(144)113-69(34-55-41-104-83-59(55)16-12-22-101-83)95(148)122-23-13-20-72(122)92(145)107-62(82(98)136)19-10-11-21-100-75(127)43-118-24-26-119(44-77(130)131)28-30-121(46-79(134)135)31-29-120(27-25-118)45-78(132)133/h6-9,12,14-18,22,39-42,49-51,62-72,80-81,102-103,123H,5,10-11,13,19-21,23-38,43-48H2,1-4H3,(H2,96,125)(H2,97,126)(H2,98,136)(H,99,105)(H,100,127)(H,101,104)(H,106,124)(H,107,145)(H,108,139)(H,109,137)(H,110,140)(H,111,143)(H,112,138)(H,113,144)(H,114,141)(H,115,146)(H,116,147)(H,117,142)(H,128,129)(H,130,131)(H,132,133)(H,134,135)/t50-,51+,62+,63-,64-,65-,66-,67-,68-,69-,70-,71-,72-,80-,81-/m0/s1. The molecule has 150 heavy (non-hydrogen) atoms. The SMILES string of the molecule is CC[C@H](C)[C@H](NC(=O)[C@@H](NC(=O)[C@H](Cc1c[nH]c2ccccc12)NC(C)=O)[C@@H](C)O)C(=O)N[C@H]1CSSC[C@@H](C(=O)N[C@@H](Cc2c[nH]c3ncccc23)C(=O)N2CCC[C@H]2C(=O)N[C@H](CCCCNC(=O)CN2CCN(CC(=O)O)CCN(CC(=O)O)CCN(CC(=O)O)CC2)C(N)=O)NC(=O)[C@H](CC(=O)O)NC(=O)[C@H](Cc2cnc[nH]2)NC(=O)[C@H](Cc2c[nH]c3ccccc23)NC(=O)[C@H](CC(N)=O)NC(=O)[C@H](CC(N)=O)NC1=O. The first-order valence-electron chi connectivity index (χ1n) is 48.7. The van der Waals surface area contributed by atoms with Crippen LogP contribution in [0, 0.1) is 5.92 Å². The fourth-order valence-electron chi connectivity index (χ4n) is 17.5. The quantitative estimate of drug-likeness (QED) is 0.0125. The number of unbranched alkanes of at least 4 members (excludes halogenated alkanes) is 1. The molecule has 3 aliphatic heterocycles. The number of carboxylic acid groups (broad SMARTS) is 4. The summed E-state index contributed by atoms with van der Waals surface area (Å²) in [5.41, 5.74) is 20.4. The van der Waals surface area contributed by atoms with E-state index in [1.54, 1.807) is 93.4 Å². The molecule has 812 valence electrons. The lowest BCUT2D eigenvalue weighted by molar-refractivity contribution is -0.143. The molecule has 2 aromatic carbocycles. The number of carboxylic acids is 4. The van der Waals surface area contributed by atoms with Gasteiger partial charge in [0, 0.05) is 173 Å². The third kappa shape index (κ3) is 35.5. The van der Waals surface area contributed by atoms with Gasteiger partial charge in [0.1, 0.15) is 84.2 Å². The summed E-state index contributed by atoms with van der Waals surface area (Å²) in [5.74, 6) is -26.3. The van der Waals surface area contributed by atoms with Crippen molar-refractivity contribution < 1.29 is 126 Å². The third-order valence-electron chi connectivity index (χ3n) is 25.6. The highest BCUT2D eigenvalue weighted by Crippen LogP contribution is 2.29. The lowest BCUT2D eigenvalue weighted by Gasteiger charge is -2.32.